The number of hydrogen-bond acceptors (Lipinski definition) is 4. The molecule has 2 aromatic carbocycles. The van der Waals surface area contributed by atoms with E-state index in [9.17, 15) is 9.59 Å². The van der Waals surface area contributed by atoms with E-state index >= 15 is 0 Å². The lowest BCUT2D eigenvalue weighted by molar-refractivity contribution is 0.0698. The molecule has 4 aromatic rings. The third kappa shape index (κ3) is 3.54. The van der Waals surface area contributed by atoms with Gasteiger partial charge in [0.05, 0.1) is 24.5 Å². The molecule has 6 heteroatoms. The molecular formula is C26H23N3O3. The average Bonchev–Trinajstić information content (AvgIpc) is 3.37. The van der Waals surface area contributed by atoms with Crippen LogP contribution in [0.3, 0.4) is 0 Å². The van der Waals surface area contributed by atoms with E-state index in [0.29, 0.717) is 42.4 Å². The Hall–Kier alpha value is -3.93. The smallest absolute Gasteiger partial charge is 0.289 e. The number of nitrogens with zero attached hydrogens (tertiary/aromatic N) is 3. The fourth-order valence-corrected chi connectivity index (χ4v) is 4.42. The molecule has 160 valence electrons. The van der Waals surface area contributed by atoms with Crippen LogP contribution in [0.4, 0.5) is 0 Å². The topological polar surface area (TPSA) is 68.3 Å². The van der Waals surface area contributed by atoms with Crippen LogP contribution < -0.4 is 5.56 Å². The number of amides is 1. The van der Waals surface area contributed by atoms with Crippen LogP contribution in [-0.2, 0) is 13.0 Å². The molecule has 0 saturated carbocycles. The highest BCUT2D eigenvalue weighted by molar-refractivity contribution is 5.91. The van der Waals surface area contributed by atoms with Gasteiger partial charge in [0.2, 0.25) is 0 Å². The summed E-state index contributed by atoms with van der Waals surface area (Å²) < 4.78 is 7.04. The van der Waals surface area contributed by atoms with Gasteiger partial charge in [-0.1, -0.05) is 60.7 Å². The Kier molecular flexibility index (Phi) is 5.19. The highest BCUT2D eigenvalue weighted by Gasteiger charge is 2.29. The Morgan fingerprint density at radius 1 is 0.969 bits per heavy atom. The van der Waals surface area contributed by atoms with Crippen LogP contribution in [-0.4, -0.2) is 26.9 Å². The summed E-state index contributed by atoms with van der Waals surface area (Å²) in [5, 5.41) is 0. The lowest BCUT2D eigenvalue weighted by atomic mass is 9.97. The van der Waals surface area contributed by atoms with Crippen LogP contribution in [0.15, 0.2) is 88.3 Å². The van der Waals surface area contributed by atoms with E-state index in [1.807, 2.05) is 67.6 Å². The number of rotatable bonds is 4. The molecule has 0 saturated heterocycles. The van der Waals surface area contributed by atoms with Crippen LogP contribution in [0.5, 0.6) is 0 Å². The Morgan fingerprint density at radius 3 is 2.22 bits per heavy atom. The second kappa shape index (κ2) is 8.30. The highest BCUT2D eigenvalue weighted by atomic mass is 16.3. The molecule has 0 aliphatic carbocycles. The summed E-state index contributed by atoms with van der Waals surface area (Å²) in [6.07, 6.45) is 1.95. The molecule has 1 amide bonds. The number of fused-ring (bicyclic) bond motifs is 1. The highest BCUT2D eigenvalue weighted by Crippen LogP contribution is 2.27. The molecule has 0 radical (unpaired) electrons. The van der Waals surface area contributed by atoms with Gasteiger partial charge in [0.25, 0.3) is 11.5 Å². The van der Waals surface area contributed by atoms with E-state index in [0.717, 1.165) is 11.1 Å². The Labute approximate surface area is 185 Å². The number of aryl methyl sites for hydroxylation is 1. The van der Waals surface area contributed by atoms with Crippen molar-refractivity contribution >= 4 is 5.91 Å². The van der Waals surface area contributed by atoms with Crippen LogP contribution in [0.1, 0.15) is 44.8 Å². The summed E-state index contributed by atoms with van der Waals surface area (Å²) >= 11 is 0. The predicted octanol–water partition coefficient (Wildman–Crippen LogP) is 3.98. The van der Waals surface area contributed by atoms with Crippen molar-refractivity contribution in [1.29, 1.82) is 0 Å². The largest absolute Gasteiger partial charge is 0.459 e. The molecule has 0 N–H and O–H groups in total. The second-order valence-electron chi connectivity index (χ2n) is 7.94. The van der Waals surface area contributed by atoms with Gasteiger partial charge in [-0.05, 0) is 36.6 Å². The van der Waals surface area contributed by atoms with E-state index in [4.69, 9.17) is 9.40 Å². The SMILES string of the molecule is Cc1nc2c(c(=O)n1C(c1ccccc1)c1ccccc1)CCN(C(=O)c1ccco1)C2. The first-order valence-electron chi connectivity index (χ1n) is 10.7. The van der Waals surface area contributed by atoms with E-state index < -0.39 is 0 Å². The molecule has 2 aromatic heterocycles. The molecule has 1 aliphatic heterocycles. The predicted molar refractivity (Wildman–Crippen MR) is 121 cm³/mol. The maximum atomic E-state index is 13.7. The lowest BCUT2D eigenvalue weighted by Gasteiger charge is -2.30. The maximum absolute atomic E-state index is 13.7. The molecule has 0 unspecified atom stereocenters. The van der Waals surface area contributed by atoms with Crippen molar-refractivity contribution in [1.82, 2.24) is 14.5 Å². The minimum Gasteiger partial charge on any atom is -0.459 e. The summed E-state index contributed by atoms with van der Waals surface area (Å²) in [5.41, 5.74) is 3.34. The van der Waals surface area contributed by atoms with Crippen LogP contribution in [0.25, 0.3) is 0 Å². The summed E-state index contributed by atoms with van der Waals surface area (Å²) in [5.74, 6) is 0.737. The number of carbonyl (C=O) groups is 1. The zero-order valence-corrected chi connectivity index (χ0v) is 17.8. The van der Waals surface area contributed by atoms with Crippen molar-refractivity contribution in [2.75, 3.05) is 6.54 Å². The summed E-state index contributed by atoms with van der Waals surface area (Å²) in [6.45, 7) is 2.61. The molecule has 32 heavy (non-hydrogen) atoms. The first-order chi connectivity index (χ1) is 15.6. The van der Waals surface area contributed by atoms with Crippen LogP contribution in [0, 0.1) is 6.92 Å². The number of benzene rings is 2. The normalized spacial score (nSPS) is 13.2. The summed E-state index contributed by atoms with van der Waals surface area (Å²) in [4.78, 5) is 32.9. The van der Waals surface area contributed by atoms with Crippen molar-refractivity contribution < 1.29 is 9.21 Å². The van der Waals surface area contributed by atoms with Gasteiger partial charge in [0.1, 0.15) is 5.82 Å². The van der Waals surface area contributed by atoms with Gasteiger partial charge in [0, 0.05) is 12.1 Å². The zero-order chi connectivity index (χ0) is 22.1. The Balaban J connectivity index is 1.58. The minimum absolute atomic E-state index is 0.0460. The number of carbonyl (C=O) groups excluding carboxylic acids is 1. The van der Waals surface area contributed by atoms with Crippen LogP contribution in [0.2, 0.25) is 0 Å². The van der Waals surface area contributed by atoms with E-state index in [-0.39, 0.29) is 17.5 Å². The molecule has 3 heterocycles. The third-order valence-corrected chi connectivity index (χ3v) is 5.95. The van der Waals surface area contributed by atoms with Crippen molar-refractivity contribution in [2.45, 2.75) is 25.9 Å². The quantitative estimate of drug-likeness (QED) is 0.496. The summed E-state index contributed by atoms with van der Waals surface area (Å²) in [7, 11) is 0. The number of furan rings is 1. The van der Waals surface area contributed by atoms with Gasteiger partial charge in [-0.15, -0.1) is 0 Å². The first kappa shape index (κ1) is 20.0. The summed E-state index contributed by atoms with van der Waals surface area (Å²) in [6, 6.07) is 23.1. The zero-order valence-electron chi connectivity index (χ0n) is 17.8. The molecule has 0 bridgehead atoms. The van der Waals surface area contributed by atoms with Gasteiger partial charge in [0.15, 0.2) is 5.76 Å². The standard InChI is InChI=1S/C26H23N3O3/c1-18-27-22-17-28(26(31)23-13-8-16-32-23)15-14-21(22)25(30)29(18)24(19-9-4-2-5-10-19)20-11-6-3-7-12-20/h2-13,16,24H,14-15,17H2,1H3. The molecular weight excluding hydrogens is 402 g/mol. The second-order valence-corrected chi connectivity index (χ2v) is 7.94. The van der Waals surface area contributed by atoms with Gasteiger partial charge in [-0.25, -0.2) is 4.98 Å². The molecule has 0 atom stereocenters. The molecule has 0 fully saturated rings. The first-order valence-corrected chi connectivity index (χ1v) is 10.7. The fraction of sp³-hybridized carbons (Fsp3) is 0.192. The van der Waals surface area contributed by atoms with Gasteiger partial charge < -0.3 is 9.32 Å². The Morgan fingerprint density at radius 2 is 1.62 bits per heavy atom. The van der Waals surface area contributed by atoms with Crippen molar-refractivity contribution in [3.63, 3.8) is 0 Å². The lowest BCUT2D eigenvalue weighted by Crippen LogP contribution is -2.42. The molecule has 1 aliphatic rings. The third-order valence-electron chi connectivity index (χ3n) is 5.95. The van der Waals surface area contributed by atoms with Gasteiger partial charge in [-0.3, -0.25) is 14.2 Å². The Bertz CT molecular complexity index is 1260. The molecule has 6 nitrogen and oxygen atoms in total. The van der Waals surface area contributed by atoms with Gasteiger partial charge in [-0.2, -0.15) is 0 Å². The number of aromatic nitrogens is 2. The average molecular weight is 425 g/mol. The number of hydrogen-bond donors (Lipinski definition) is 0. The van der Waals surface area contributed by atoms with E-state index in [1.54, 1.807) is 21.6 Å². The van der Waals surface area contributed by atoms with E-state index in [1.165, 1.54) is 6.26 Å². The van der Waals surface area contributed by atoms with Crippen LogP contribution >= 0.6 is 0 Å². The molecule has 5 rings (SSSR count). The fourth-order valence-electron chi connectivity index (χ4n) is 4.42. The van der Waals surface area contributed by atoms with E-state index in [2.05, 4.69) is 0 Å². The van der Waals surface area contributed by atoms with Crippen molar-refractivity contribution in [2.24, 2.45) is 0 Å². The van der Waals surface area contributed by atoms with Crippen molar-refractivity contribution in [3.8, 4) is 0 Å². The van der Waals surface area contributed by atoms with Gasteiger partial charge >= 0.3 is 0 Å². The minimum atomic E-state index is -0.273. The maximum Gasteiger partial charge on any atom is 0.289 e. The molecule has 0 spiro atoms. The van der Waals surface area contributed by atoms with Crippen molar-refractivity contribution in [3.05, 3.63) is 123 Å². The monoisotopic (exact) mass is 425 g/mol.